The first-order chi connectivity index (χ1) is 9.77. The zero-order chi connectivity index (χ0) is 15.6. The monoisotopic (exact) mass is 313 g/mol. The molecule has 0 aliphatic heterocycles. The number of amides is 1. The molecule has 2 rings (SSSR count). The first kappa shape index (κ1) is 15.6. The minimum atomic E-state index is -3.97. The summed E-state index contributed by atoms with van der Waals surface area (Å²) in [6.45, 7) is 3.27. The van der Waals surface area contributed by atoms with Gasteiger partial charge in [0, 0.05) is 11.7 Å². The zero-order valence-electron chi connectivity index (χ0n) is 11.9. The summed E-state index contributed by atoms with van der Waals surface area (Å²) in [5.74, 6) is 0. The fraction of sp³-hybridized carbons (Fsp3) is 0.462. The molecule has 21 heavy (non-hydrogen) atoms. The van der Waals surface area contributed by atoms with E-state index < -0.39 is 22.4 Å². The van der Waals surface area contributed by atoms with Crippen LogP contribution in [-0.2, 0) is 21.4 Å². The lowest BCUT2D eigenvalue weighted by Crippen LogP contribution is -2.42. The van der Waals surface area contributed by atoms with Crippen molar-refractivity contribution in [2.45, 2.75) is 38.8 Å². The van der Waals surface area contributed by atoms with Gasteiger partial charge in [-0.2, -0.15) is 13.1 Å². The van der Waals surface area contributed by atoms with Crippen molar-refractivity contribution in [2.75, 3.05) is 5.73 Å². The molecule has 1 aromatic carbocycles. The average Bonchev–Trinajstić information content (AvgIpc) is 2.68. The molecule has 116 valence electrons. The SMILES string of the molecule is CC(C)OC(=O)NS(=O)(=O)NC1CCc2cc(N)ccc21. The lowest BCUT2D eigenvalue weighted by atomic mass is 10.1. The normalized spacial score (nSPS) is 17.6. The summed E-state index contributed by atoms with van der Waals surface area (Å²) in [6.07, 6.45) is -0.0217. The topological polar surface area (TPSA) is 111 Å². The van der Waals surface area contributed by atoms with Crippen LogP contribution in [0.5, 0.6) is 0 Å². The van der Waals surface area contributed by atoms with Gasteiger partial charge in [0.1, 0.15) is 0 Å². The van der Waals surface area contributed by atoms with Crippen molar-refractivity contribution in [2.24, 2.45) is 0 Å². The van der Waals surface area contributed by atoms with Crippen LogP contribution >= 0.6 is 0 Å². The Labute approximate surface area is 124 Å². The Kier molecular flexibility index (Phi) is 4.38. The number of nitrogen functional groups attached to an aromatic ring is 1. The highest BCUT2D eigenvalue weighted by Crippen LogP contribution is 2.32. The molecule has 1 aliphatic rings. The number of aryl methyl sites for hydroxylation is 1. The van der Waals surface area contributed by atoms with E-state index >= 15 is 0 Å². The number of anilines is 1. The Hall–Kier alpha value is -1.80. The van der Waals surface area contributed by atoms with Crippen LogP contribution in [0.4, 0.5) is 10.5 Å². The summed E-state index contributed by atoms with van der Waals surface area (Å²) in [4.78, 5) is 11.4. The van der Waals surface area contributed by atoms with E-state index in [0.29, 0.717) is 12.1 Å². The van der Waals surface area contributed by atoms with E-state index in [9.17, 15) is 13.2 Å². The van der Waals surface area contributed by atoms with Gasteiger partial charge in [0.2, 0.25) is 0 Å². The Morgan fingerprint density at radius 3 is 2.81 bits per heavy atom. The third kappa shape index (κ3) is 4.08. The van der Waals surface area contributed by atoms with Crippen LogP contribution < -0.4 is 15.2 Å². The molecule has 1 unspecified atom stereocenters. The second-order valence-electron chi connectivity index (χ2n) is 5.23. The number of carbonyl (C=O) groups excluding carboxylic acids is 1. The summed E-state index contributed by atoms with van der Waals surface area (Å²) in [7, 11) is -3.97. The summed E-state index contributed by atoms with van der Waals surface area (Å²) >= 11 is 0. The number of hydrogen-bond donors (Lipinski definition) is 3. The summed E-state index contributed by atoms with van der Waals surface area (Å²) < 4.78 is 32.9. The van der Waals surface area contributed by atoms with Crippen molar-refractivity contribution in [3.63, 3.8) is 0 Å². The lowest BCUT2D eigenvalue weighted by Gasteiger charge is -2.15. The van der Waals surface area contributed by atoms with Crippen LogP contribution in [0.1, 0.15) is 37.4 Å². The molecule has 0 saturated heterocycles. The quantitative estimate of drug-likeness (QED) is 0.724. The van der Waals surface area contributed by atoms with Crippen LogP contribution in [0.15, 0.2) is 18.2 Å². The van der Waals surface area contributed by atoms with Gasteiger partial charge in [0.25, 0.3) is 0 Å². The number of carbonyl (C=O) groups is 1. The first-order valence-electron chi connectivity index (χ1n) is 6.66. The predicted molar refractivity (Wildman–Crippen MR) is 78.7 cm³/mol. The number of benzene rings is 1. The number of nitrogens with one attached hydrogen (secondary N) is 2. The summed E-state index contributed by atoms with van der Waals surface area (Å²) in [5.41, 5.74) is 8.25. The van der Waals surface area contributed by atoms with Crippen molar-refractivity contribution in [3.05, 3.63) is 29.3 Å². The van der Waals surface area contributed by atoms with Crippen molar-refractivity contribution in [1.29, 1.82) is 0 Å². The maximum Gasteiger partial charge on any atom is 0.422 e. The van der Waals surface area contributed by atoms with Gasteiger partial charge in [-0.25, -0.2) is 9.52 Å². The molecule has 1 amide bonds. The molecule has 0 bridgehead atoms. The van der Waals surface area contributed by atoms with E-state index in [1.165, 1.54) is 0 Å². The molecule has 0 saturated carbocycles. The molecule has 8 heteroatoms. The Morgan fingerprint density at radius 2 is 2.14 bits per heavy atom. The predicted octanol–water partition coefficient (Wildman–Crippen LogP) is 1.23. The molecule has 1 atom stereocenters. The van der Waals surface area contributed by atoms with E-state index in [0.717, 1.165) is 17.5 Å². The molecule has 0 radical (unpaired) electrons. The third-order valence-corrected chi connectivity index (χ3v) is 4.13. The summed E-state index contributed by atoms with van der Waals surface area (Å²) in [6, 6.07) is 5.00. The maximum absolute atomic E-state index is 11.9. The smallest absolute Gasteiger partial charge is 0.422 e. The van der Waals surface area contributed by atoms with E-state index in [2.05, 4.69) is 4.72 Å². The second kappa shape index (κ2) is 5.90. The average molecular weight is 313 g/mol. The highest BCUT2D eigenvalue weighted by atomic mass is 32.2. The fourth-order valence-corrected chi connectivity index (χ4v) is 3.27. The molecule has 7 nitrogen and oxygen atoms in total. The maximum atomic E-state index is 11.9. The largest absolute Gasteiger partial charge is 0.446 e. The number of nitrogens with two attached hydrogens (primary N) is 1. The molecule has 1 aliphatic carbocycles. The van der Waals surface area contributed by atoms with E-state index in [1.54, 1.807) is 26.0 Å². The van der Waals surface area contributed by atoms with E-state index in [4.69, 9.17) is 10.5 Å². The number of ether oxygens (including phenoxy) is 1. The first-order valence-corrected chi connectivity index (χ1v) is 8.14. The van der Waals surface area contributed by atoms with Crippen LogP contribution in [0.25, 0.3) is 0 Å². The van der Waals surface area contributed by atoms with Crippen LogP contribution in [-0.4, -0.2) is 20.6 Å². The Morgan fingerprint density at radius 1 is 1.43 bits per heavy atom. The van der Waals surface area contributed by atoms with Crippen molar-refractivity contribution < 1.29 is 17.9 Å². The molecular formula is C13H19N3O4S. The van der Waals surface area contributed by atoms with Crippen LogP contribution in [0, 0.1) is 0 Å². The molecule has 0 spiro atoms. The van der Waals surface area contributed by atoms with Crippen molar-refractivity contribution in [3.8, 4) is 0 Å². The molecule has 1 aromatic rings. The van der Waals surface area contributed by atoms with Crippen LogP contribution in [0.3, 0.4) is 0 Å². The molecule has 4 N–H and O–H groups in total. The van der Waals surface area contributed by atoms with Crippen LogP contribution in [0.2, 0.25) is 0 Å². The molecule has 0 fully saturated rings. The highest BCUT2D eigenvalue weighted by Gasteiger charge is 2.27. The molecule has 0 heterocycles. The fourth-order valence-electron chi connectivity index (χ4n) is 2.32. The minimum absolute atomic E-state index is 0.370. The molecular weight excluding hydrogens is 294 g/mol. The van der Waals surface area contributed by atoms with Gasteiger partial charge in [-0.3, -0.25) is 0 Å². The second-order valence-corrected chi connectivity index (χ2v) is 6.67. The number of hydrogen-bond acceptors (Lipinski definition) is 5. The van der Waals surface area contributed by atoms with Gasteiger partial charge in [-0.05, 0) is 49.9 Å². The van der Waals surface area contributed by atoms with E-state index in [1.807, 2.05) is 10.8 Å². The van der Waals surface area contributed by atoms with E-state index in [-0.39, 0.29) is 6.04 Å². The summed E-state index contributed by atoms with van der Waals surface area (Å²) in [5, 5.41) is 0. The Bertz CT molecular complexity index is 643. The van der Waals surface area contributed by atoms with Gasteiger partial charge in [0.05, 0.1) is 6.10 Å². The number of fused-ring (bicyclic) bond motifs is 1. The van der Waals surface area contributed by atoms with Gasteiger partial charge >= 0.3 is 16.3 Å². The van der Waals surface area contributed by atoms with Crippen molar-refractivity contribution >= 4 is 22.0 Å². The Balaban J connectivity index is 2.04. The lowest BCUT2D eigenvalue weighted by molar-refractivity contribution is 0.121. The standard InChI is InChI=1S/C13H19N3O4S/c1-8(2)20-13(17)16-21(18,19)15-12-6-3-9-7-10(14)4-5-11(9)12/h4-5,7-8,12,15H,3,6,14H2,1-2H3,(H,16,17). The van der Waals surface area contributed by atoms with Gasteiger partial charge in [-0.1, -0.05) is 6.07 Å². The van der Waals surface area contributed by atoms with Gasteiger partial charge < -0.3 is 10.5 Å². The third-order valence-electron chi connectivity index (χ3n) is 3.10. The van der Waals surface area contributed by atoms with Crippen molar-refractivity contribution in [1.82, 2.24) is 9.44 Å². The zero-order valence-corrected chi connectivity index (χ0v) is 12.7. The number of rotatable bonds is 4. The van der Waals surface area contributed by atoms with Gasteiger partial charge in [0.15, 0.2) is 0 Å². The molecule has 0 aromatic heterocycles. The van der Waals surface area contributed by atoms with Gasteiger partial charge in [-0.15, -0.1) is 0 Å². The highest BCUT2D eigenvalue weighted by molar-refractivity contribution is 7.88. The minimum Gasteiger partial charge on any atom is -0.446 e.